The molecule has 0 radical (unpaired) electrons. The molecule has 0 unspecified atom stereocenters. The third kappa shape index (κ3) is 5.11. The molecule has 4 nitrogen and oxygen atoms in total. The number of carbonyl (C=O) groups excluding carboxylic acids is 1. The molecule has 0 bridgehead atoms. The molecule has 0 spiro atoms. The largest absolute Gasteiger partial charge is 0.350 e. The second-order valence-corrected chi connectivity index (χ2v) is 6.03. The number of benzene rings is 1. The van der Waals surface area contributed by atoms with Crippen LogP contribution in [0.4, 0.5) is 0 Å². The first-order valence-corrected chi connectivity index (χ1v) is 8.25. The zero-order chi connectivity index (χ0) is 16.8. The predicted octanol–water partition coefficient (Wildman–Crippen LogP) is 3.30. The number of amides is 1. The van der Waals surface area contributed by atoms with E-state index in [9.17, 15) is 4.79 Å². The van der Waals surface area contributed by atoms with Crippen LogP contribution >= 0.6 is 12.4 Å². The van der Waals surface area contributed by atoms with Crippen LogP contribution in [0.2, 0.25) is 0 Å². The van der Waals surface area contributed by atoms with E-state index in [1.54, 1.807) is 0 Å². The summed E-state index contributed by atoms with van der Waals surface area (Å²) in [4.78, 5) is 12.4. The molecule has 0 aliphatic rings. The monoisotopic (exact) mass is 349 g/mol. The van der Waals surface area contributed by atoms with Crippen molar-refractivity contribution < 1.29 is 4.79 Å². The highest BCUT2D eigenvalue weighted by atomic mass is 35.5. The highest BCUT2D eigenvalue weighted by Crippen LogP contribution is 2.17. The van der Waals surface area contributed by atoms with Gasteiger partial charge in [-0.25, -0.2) is 0 Å². The number of likely N-dealkylation sites (N-methyl/N-ethyl adjacent to an activating group) is 1. The van der Waals surface area contributed by atoms with Crippen LogP contribution in [0.25, 0.3) is 0 Å². The van der Waals surface area contributed by atoms with Gasteiger partial charge in [-0.05, 0) is 38.9 Å². The molecule has 5 heteroatoms. The van der Waals surface area contributed by atoms with E-state index in [-0.39, 0.29) is 24.4 Å². The Bertz CT molecular complexity index is 652. The smallest absolute Gasteiger partial charge is 0.253 e. The zero-order valence-electron chi connectivity index (χ0n) is 14.9. The van der Waals surface area contributed by atoms with Gasteiger partial charge in [-0.1, -0.05) is 37.3 Å². The Kier molecular flexibility index (Phi) is 8.02. The number of hydrogen-bond acceptors (Lipinski definition) is 2. The Morgan fingerprint density at radius 2 is 1.88 bits per heavy atom. The topological polar surface area (TPSA) is 46.1 Å². The number of carbonyl (C=O) groups is 1. The third-order valence-corrected chi connectivity index (χ3v) is 4.12. The summed E-state index contributed by atoms with van der Waals surface area (Å²) in [7, 11) is 0. The summed E-state index contributed by atoms with van der Waals surface area (Å²) in [6.45, 7) is 10.5. The van der Waals surface area contributed by atoms with Crippen molar-refractivity contribution in [1.29, 1.82) is 0 Å². The first kappa shape index (κ1) is 20.3. The molecule has 2 N–H and O–H groups in total. The van der Waals surface area contributed by atoms with Crippen LogP contribution in [0.3, 0.4) is 0 Å². The van der Waals surface area contributed by atoms with E-state index in [0.717, 1.165) is 30.0 Å². The van der Waals surface area contributed by atoms with Gasteiger partial charge < -0.3 is 15.2 Å². The van der Waals surface area contributed by atoms with Gasteiger partial charge in [-0.3, -0.25) is 4.79 Å². The maximum absolute atomic E-state index is 12.4. The summed E-state index contributed by atoms with van der Waals surface area (Å²) in [5.74, 6) is 0.00200. The van der Waals surface area contributed by atoms with E-state index in [2.05, 4.69) is 41.2 Å². The van der Waals surface area contributed by atoms with E-state index in [1.807, 2.05) is 38.1 Å². The average molecular weight is 350 g/mol. The van der Waals surface area contributed by atoms with Gasteiger partial charge in [0, 0.05) is 30.5 Å². The van der Waals surface area contributed by atoms with Gasteiger partial charge in [0.1, 0.15) is 0 Å². The van der Waals surface area contributed by atoms with Crippen molar-refractivity contribution in [1.82, 2.24) is 15.2 Å². The second-order valence-electron chi connectivity index (χ2n) is 6.03. The van der Waals surface area contributed by atoms with E-state index in [0.29, 0.717) is 6.54 Å². The van der Waals surface area contributed by atoms with E-state index in [4.69, 9.17) is 0 Å². The highest BCUT2D eigenvalue weighted by molar-refractivity contribution is 5.95. The Morgan fingerprint density at radius 1 is 1.21 bits per heavy atom. The number of aryl methyl sites for hydroxylation is 1. The molecule has 1 amide bonds. The van der Waals surface area contributed by atoms with Crippen molar-refractivity contribution in [3.63, 3.8) is 0 Å². The van der Waals surface area contributed by atoms with Crippen LogP contribution in [-0.2, 0) is 6.54 Å². The molecule has 132 valence electrons. The maximum atomic E-state index is 12.4. The van der Waals surface area contributed by atoms with Gasteiger partial charge in [0.2, 0.25) is 0 Å². The minimum absolute atomic E-state index is 0. The normalized spacial score (nSPS) is 11.7. The number of aromatic nitrogens is 1. The summed E-state index contributed by atoms with van der Waals surface area (Å²) in [6.07, 6.45) is 0. The van der Waals surface area contributed by atoms with E-state index in [1.165, 1.54) is 5.56 Å². The minimum atomic E-state index is 0. The molecule has 0 saturated carbocycles. The molecule has 0 aliphatic heterocycles. The molecule has 2 aromatic rings. The van der Waals surface area contributed by atoms with Gasteiger partial charge in [0.15, 0.2) is 0 Å². The lowest BCUT2D eigenvalue weighted by Crippen LogP contribution is -2.38. The Balaban J connectivity index is 0.00000288. The fourth-order valence-corrected chi connectivity index (χ4v) is 2.80. The molecular weight excluding hydrogens is 322 g/mol. The van der Waals surface area contributed by atoms with Crippen molar-refractivity contribution in [2.45, 2.75) is 40.3 Å². The van der Waals surface area contributed by atoms with Crippen LogP contribution in [0.5, 0.6) is 0 Å². The summed E-state index contributed by atoms with van der Waals surface area (Å²) >= 11 is 0. The van der Waals surface area contributed by atoms with Gasteiger partial charge in [0.25, 0.3) is 5.91 Å². The maximum Gasteiger partial charge on any atom is 0.253 e. The first-order valence-electron chi connectivity index (χ1n) is 8.25. The van der Waals surface area contributed by atoms with Crippen LogP contribution in [0, 0.1) is 13.8 Å². The fraction of sp³-hybridized carbons (Fsp3) is 0.421. The lowest BCUT2D eigenvalue weighted by atomic mass is 10.2. The lowest BCUT2D eigenvalue weighted by molar-refractivity contribution is 0.0949. The summed E-state index contributed by atoms with van der Waals surface area (Å²) in [5, 5.41) is 6.31. The molecule has 2 rings (SSSR count). The summed E-state index contributed by atoms with van der Waals surface area (Å²) in [5.41, 5.74) is 4.13. The predicted molar refractivity (Wildman–Crippen MR) is 102 cm³/mol. The second kappa shape index (κ2) is 9.50. The number of halogens is 1. The number of hydrogen-bond donors (Lipinski definition) is 2. The summed E-state index contributed by atoms with van der Waals surface area (Å²) in [6, 6.07) is 12.6. The van der Waals surface area contributed by atoms with Crippen molar-refractivity contribution in [2.24, 2.45) is 0 Å². The summed E-state index contributed by atoms with van der Waals surface area (Å²) < 4.78 is 2.19. The number of rotatable bonds is 7. The van der Waals surface area contributed by atoms with E-state index < -0.39 is 0 Å². The van der Waals surface area contributed by atoms with E-state index >= 15 is 0 Å². The molecule has 1 aromatic heterocycles. The van der Waals surface area contributed by atoms with Crippen molar-refractivity contribution in [3.8, 4) is 0 Å². The zero-order valence-corrected chi connectivity index (χ0v) is 15.7. The molecule has 1 aromatic carbocycles. The minimum Gasteiger partial charge on any atom is -0.350 e. The Labute approximate surface area is 151 Å². The van der Waals surface area contributed by atoms with Gasteiger partial charge in [0.05, 0.1) is 5.56 Å². The molecule has 0 fully saturated rings. The Morgan fingerprint density at radius 3 is 2.50 bits per heavy atom. The molecular formula is C19H28ClN3O. The van der Waals surface area contributed by atoms with Crippen LogP contribution < -0.4 is 10.6 Å². The van der Waals surface area contributed by atoms with Crippen LogP contribution in [0.1, 0.15) is 41.2 Å². The standard InChI is InChI=1S/C19H27N3O.ClH/c1-5-20-14(2)12-21-19(23)18-11-15(3)22(16(18)4)13-17-9-7-6-8-10-17;/h6-11,14,20H,5,12-13H2,1-4H3,(H,21,23);1H/t14-;/m1./s1. The first-order chi connectivity index (χ1) is 11.0. The molecule has 0 saturated heterocycles. The molecule has 1 heterocycles. The lowest BCUT2D eigenvalue weighted by Gasteiger charge is -2.13. The van der Waals surface area contributed by atoms with Crippen molar-refractivity contribution in [2.75, 3.05) is 13.1 Å². The quantitative estimate of drug-likeness (QED) is 0.805. The van der Waals surface area contributed by atoms with Gasteiger partial charge in [-0.2, -0.15) is 0 Å². The van der Waals surface area contributed by atoms with Crippen molar-refractivity contribution in [3.05, 3.63) is 58.9 Å². The van der Waals surface area contributed by atoms with Gasteiger partial charge >= 0.3 is 0 Å². The fourth-order valence-electron chi connectivity index (χ4n) is 2.80. The third-order valence-electron chi connectivity index (χ3n) is 4.12. The van der Waals surface area contributed by atoms with Crippen molar-refractivity contribution >= 4 is 18.3 Å². The average Bonchev–Trinajstić information content (AvgIpc) is 2.82. The van der Waals surface area contributed by atoms with Crippen LogP contribution in [0.15, 0.2) is 36.4 Å². The Hall–Kier alpha value is -1.78. The molecule has 1 atom stereocenters. The highest BCUT2D eigenvalue weighted by Gasteiger charge is 2.16. The number of nitrogens with one attached hydrogen (secondary N) is 2. The van der Waals surface area contributed by atoms with Gasteiger partial charge in [-0.15, -0.1) is 12.4 Å². The van der Waals surface area contributed by atoms with Crippen LogP contribution in [-0.4, -0.2) is 29.6 Å². The molecule has 24 heavy (non-hydrogen) atoms. The SMILES string of the molecule is CCN[C@H](C)CNC(=O)c1cc(C)n(Cc2ccccc2)c1C.Cl. The molecule has 0 aliphatic carbocycles. The number of nitrogens with zero attached hydrogens (tertiary/aromatic N) is 1.